The van der Waals surface area contributed by atoms with E-state index < -0.39 is 0 Å². The molecule has 3 aromatic rings. The summed E-state index contributed by atoms with van der Waals surface area (Å²) in [6.07, 6.45) is 2.46. The van der Waals surface area contributed by atoms with Gasteiger partial charge in [-0.2, -0.15) is 0 Å². The number of amides is 1. The van der Waals surface area contributed by atoms with Gasteiger partial charge in [0.25, 0.3) is 0 Å². The first-order valence-electron chi connectivity index (χ1n) is 9.52. The minimum absolute atomic E-state index is 0.130. The van der Waals surface area contributed by atoms with Gasteiger partial charge in [-0.1, -0.05) is 0 Å². The monoisotopic (exact) mass is 477 g/mol. The van der Waals surface area contributed by atoms with Crippen LogP contribution in [0.15, 0.2) is 50.8 Å². The molecule has 1 aromatic carbocycles. The molecule has 0 spiro atoms. The zero-order chi connectivity index (χ0) is 20.2. The Kier molecular flexibility index (Phi) is 6.42. The van der Waals surface area contributed by atoms with Crippen molar-refractivity contribution in [2.24, 2.45) is 0 Å². The highest BCUT2D eigenvalue weighted by Crippen LogP contribution is 2.24. The number of carbonyl (C=O) groups excluding carboxylic acids is 1. The van der Waals surface area contributed by atoms with Gasteiger partial charge in [0, 0.05) is 56.0 Å². The Labute approximate surface area is 181 Å². The van der Waals surface area contributed by atoms with Crippen LogP contribution < -0.4 is 0 Å². The predicted molar refractivity (Wildman–Crippen MR) is 114 cm³/mol. The van der Waals surface area contributed by atoms with Crippen LogP contribution in [0.5, 0.6) is 0 Å². The number of thiophene rings is 1. The summed E-state index contributed by atoms with van der Waals surface area (Å²) < 4.78 is 19.9. The number of aromatic nitrogens is 1. The van der Waals surface area contributed by atoms with E-state index in [2.05, 4.69) is 37.9 Å². The third-order valence-electron chi connectivity index (χ3n) is 4.97. The van der Waals surface area contributed by atoms with E-state index >= 15 is 0 Å². The topological polar surface area (TPSA) is 49.6 Å². The van der Waals surface area contributed by atoms with Crippen LogP contribution in [0, 0.1) is 5.82 Å². The molecular weight excluding hydrogens is 457 g/mol. The maximum Gasteiger partial charge on any atom is 0.223 e. The van der Waals surface area contributed by atoms with Crippen LogP contribution >= 0.6 is 27.3 Å². The molecule has 2 aromatic heterocycles. The Morgan fingerprint density at radius 2 is 1.90 bits per heavy atom. The molecule has 5 nitrogen and oxygen atoms in total. The Morgan fingerprint density at radius 1 is 1.14 bits per heavy atom. The van der Waals surface area contributed by atoms with Crippen LogP contribution in [-0.2, 0) is 17.8 Å². The fourth-order valence-electron chi connectivity index (χ4n) is 3.36. The maximum atomic E-state index is 13.0. The second-order valence-corrected chi connectivity index (χ2v) is 9.54. The van der Waals surface area contributed by atoms with Crippen LogP contribution in [0.1, 0.15) is 17.2 Å². The van der Waals surface area contributed by atoms with Crippen molar-refractivity contribution in [3.05, 3.63) is 63.0 Å². The van der Waals surface area contributed by atoms with Crippen molar-refractivity contribution in [1.82, 2.24) is 14.8 Å². The van der Waals surface area contributed by atoms with Crippen molar-refractivity contribution in [3.63, 3.8) is 0 Å². The van der Waals surface area contributed by atoms with Gasteiger partial charge in [0.1, 0.15) is 5.82 Å². The van der Waals surface area contributed by atoms with Crippen LogP contribution in [-0.4, -0.2) is 46.9 Å². The summed E-state index contributed by atoms with van der Waals surface area (Å²) in [5, 5.41) is 0. The van der Waals surface area contributed by atoms with E-state index in [1.165, 1.54) is 17.0 Å². The Hall–Kier alpha value is -2.03. The molecule has 3 heterocycles. The van der Waals surface area contributed by atoms with Gasteiger partial charge in [-0.25, -0.2) is 9.37 Å². The number of carbonyl (C=O) groups is 1. The molecule has 0 unspecified atom stereocenters. The summed E-state index contributed by atoms with van der Waals surface area (Å²) in [5.74, 6) is 0.952. The quantitative estimate of drug-likeness (QED) is 0.521. The smallest absolute Gasteiger partial charge is 0.223 e. The third-order valence-corrected chi connectivity index (χ3v) is 6.58. The molecule has 1 amide bonds. The lowest BCUT2D eigenvalue weighted by Crippen LogP contribution is -2.48. The number of benzene rings is 1. The molecule has 1 aliphatic rings. The third kappa shape index (κ3) is 5.32. The first-order valence-corrected chi connectivity index (χ1v) is 11.1. The molecule has 1 saturated heterocycles. The van der Waals surface area contributed by atoms with Crippen molar-refractivity contribution >= 4 is 33.2 Å². The average Bonchev–Trinajstić information content (AvgIpc) is 3.36. The molecule has 0 aliphatic carbocycles. The van der Waals surface area contributed by atoms with Crippen molar-refractivity contribution < 1.29 is 13.6 Å². The molecule has 0 bridgehead atoms. The molecule has 29 heavy (non-hydrogen) atoms. The Morgan fingerprint density at radius 3 is 2.59 bits per heavy atom. The SMILES string of the molecule is O=C(CCc1ncc(-c2ccc(F)cc2)o1)N1CCN(Cc2ccc(Br)s2)CC1. The summed E-state index contributed by atoms with van der Waals surface area (Å²) in [6.45, 7) is 4.19. The second-order valence-electron chi connectivity index (χ2n) is 6.99. The maximum absolute atomic E-state index is 13.0. The molecule has 1 aliphatic heterocycles. The normalized spacial score (nSPS) is 15.0. The largest absolute Gasteiger partial charge is 0.441 e. The number of halogens is 2. The molecule has 152 valence electrons. The van der Waals surface area contributed by atoms with E-state index in [9.17, 15) is 9.18 Å². The average molecular weight is 478 g/mol. The van der Waals surface area contributed by atoms with E-state index in [4.69, 9.17) is 4.42 Å². The summed E-state index contributed by atoms with van der Waals surface area (Å²) >= 11 is 5.25. The molecule has 0 N–H and O–H groups in total. The first-order chi connectivity index (χ1) is 14.1. The van der Waals surface area contributed by atoms with E-state index in [0.29, 0.717) is 24.5 Å². The number of hydrogen-bond donors (Lipinski definition) is 0. The van der Waals surface area contributed by atoms with Gasteiger partial charge in [-0.15, -0.1) is 11.3 Å². The van der Waals surface area contributed by atoms with Gasteiger partial charge in [0.2, 0.25) is 5.91 Å². The molecular formula is C21H21BrFN3O2S. The van der Waals surface area contributed by atoms with Gasteiger partial charge >= 0.3 is 0 Å². The lowest BCUT2D eigenvalue weighted by atomic mass is 10.2. The molecule has 0 atom stereocenters. The zero-order valence-corrected chi connectivity index (χ0v) is 18.2. The van der Waals surface area contributed by atoms with E-state index in [1.807, 2.05) is 4.90 Å². The highest BCUT2D eigenvalue weighted by molar-refractivity contribution is 9.11. The van der Waals surface area contributed by atoms with Crippen LogP contribution in [0.25, 0.3) is 11.3 Å². The Balaban J connectivity index is 1.24. The van der Waals surface area contributed by atoms with Gasteiger partial charge in [-0.05, 0) is 52.3 Å². The number of oxazole rings is 1. The lowest BCUT2D eigenvalue weighted by Gasteiger charge is -2.34. The minimum Gasteiger partial charge on any atom is -0.441 e. The summed E-state index contributed by atoms with van der Waals surface area (Å²) in [7, 11) is 0. The number of hydrogen-bond acceptors (Lipinski definition) is 5. The summed E-state index contributed by atoms with van der Waals surface area (Å²) in [5.41, 5.74) is 0.769. The van der Waals surface area contributed by atoms with Gasteiger partial charge in [0.05, 0.1) is 9.98 Å². The second kappa shape index (κ2) is 9.19. The number of rotatable bonds is 6. The van der Waals surface area contributed by atoms with E-state index in [0.717, 1.165) is 42.1 Å². The van der Waals surface area contributed by atoms with E-state index in [1.54, 1.807) is 29.7 Å². The van der Waals surface area contributed by atoms with Crippen LogP contribution in [0.3, 0.4) is 0 Å². The van der Waals surface area contributed by atoms with E-state index in [-0.39, 0.29) is 11.7 Å². The highest BCUT2D eigenvalue weighted by Gasteiger charge is 2.21. The zero-order valence-electron chi connectivity index (χ0n) is 15.8. The molecule has 4 rings (SSSR count). The molecule has 0 saturated carbocycles. The molecule has 0 radical (unpaired) electrons. The fourth-order valence-corrected chi connectivity index (χ4v) is 4.88. The van der Waals surface area contributed by atoms with Crippen molar-refractivity contribution in [3.8, 4) is 11.3 Å². The van der Waals surface area contributed by atoms with Crippen LogP contribution in [0.2, 0.25) is 0 Å². The predicted octanol–water partition coefficient (Wildman–Crippen LogP) is 4.58. The minimum atomic E-state index is -0.289. The number of piperazine rings is 1. The molecule has 8 heteroatoms. The number of nitrogens with zero attached hydrogens (tertiary/aromatic N) is 3. The van der Waals surface area contributed by atoms with Gasteiger partial charge in [0.15, 0.2) is 11.7 Å². The Bertz CT molecular complexity index is 964. The summed E-state index contributed by atoms with van der Waals surface area (Å²) in [6, 6.07) is 10.3. The van der Waals surface area contributed by atoms with Gasteiger partial charge < -0.3 is 9.32 Å². The number of aryl methyl sites for hydroxylation is 1. The lowest BCUT2D eigenvalue weighted by molar-refractivity contribution is -0.133. The van der Waals surface area contributed by atoms with Crippen molar-refractivity contribution in [1.29, 1.82) is 0 Å². The molecule has 1 fully saturated rings. The van der Waals surface area contributed by atoms with Crippen LogP contribution in [0.4, 0.5) is 4.39 Å². The van der Waals surface area contributed by atoms with Crippen molar-refractivity contribution in [2.45, 2.75) is 19.4 Å². The fraction of sp³-hybridized carbons (Fsp3) is 0.333. The van der Waals surface area contributed by atoms with Crippen molar-refractivity contribution in [2.75, 3.05) is 26.2 Å². The highest BCUT2D eigenvalue weighted by atomic mass is 79.9. The summed E-state index contributed by atoms with van der Waals surface area (Å²) in [4.78, 5) is 22.4. The van der Waals surface area contributed by atoms with Gasteiger partial charge in [-0.3, -0.25) is 9.69 Å². The standard InChI is InChI=1S/C21H21BrFN3O2S/c22-19-6-5-17(29-19)14-25-9-11-26(12-10-25)21(27)8-7-20-24-13-18(28-20)15-1-3-16(23)4-2-15/h1-6,13H,7-12,14H2. The first kappa shape index (κ1) is 20.3.